The lowest BCUT2D eigenvalue weighted by molar-refractivity contribution is -0.0447. The van der Waals surface area contributed by atoms with Crippen LogP contribution in [0.3, 0.4) is 0 Å². The van der Waals surface area contributed by atoms with E-state index in [0.717, 1.165) is 18.4 Å². The molecule has 1 aromatic rings. The van der Waals surface area contributed by atoms with Crippen molar-refractivity contribution < 1.29 is 14.6 Å². The van der Waals surface area contributed by atoms with Crippen molar-refractivity contribution in [2.75, 3.05) is 13.2 Å². The zero-order valence-electron chi connectivity index (χ0n) is 8.78. The third-order valence-corrected chi connectivity index (χ3v) is 4.18. The molecule has 0 spiro atoms. The first kappa shape index (κ1) is 11.0. The maximum Gasteiger partial charge on any atom is 0.184 e. The van der Waals surface area contributed by atoms with Crippen molar-refractivity contribution in [2.24, 2.45) is 0 Å². The van der Waals surface area contributed by atoms with Crippen molar-refractivity contribution >= 4 is 22.6 Å². The van der Waals surface area contributed by atoms with E-state index in [1.54, 1.807) is 0 Å². The molecular weight excluding hydrogens is 319 g/mol. The summed E-state index contributed by atoms with van der Waals surface area (Å²) in [6, 6.07) is 4.15. The van der Waals surface area contributed by atoms with Crippen molar-refractivity contribution in [3.63, 3.8) is 0 Å². The first-order valence-electron chi connectivity index (χ1n) is 5.47. The van der Waals surface area contributed by atoms with Gasteiger partial charge in [0.25, 0.3) is 0 Å². The van der Waals surface area contributed by atoms with E-state index >= 15 is 0 Å². The van der Waals surface area contributed by atoms with Gasteiger partial charge in [-0.05, 0) is 52.6 Å². The van der Waals surface area contributed by atoms with Gasteiger partial charge in [-0.25, -0.2) is 0 Å². The zero-order valence-corrected chi connectivity index (χ0v) is 10.9. The minimum Gasteiger partial charge on any atom is -0.392 e. The van der Waals surface area contributed by atoms with Gasteiger partial charge in [0.2, 0.25) is 0 Å². The Morgan fingerprint density at radius 1 is 1.12 bits per heavy atom. The SMILES string of the molecule is O[C@H]1Cc2c(I)ccc(C3OCCO3)c2C1. The molecule has 1 aromatic carbocycles. The smallest absolute Gasteiger partial charge is 0.184 e. The maximum atomic E-state index is 9.76. The summed E-state index contributed by atoms with van der Waals surface area (Å²) in [5, 5.41) is 9.76. The standard InChI is InChI=1S/C12H13IO3/c13-11-2-1-8(12-15-3-4-16-12)9-5-7(14)6-10(9)11/h1-2,7,12,14H,3-6H2/t7-/m1/s1. The van der Waals surface area contributed by atoms with Crippen molar-refractivity contribution in [2.45, 2.75) is 25.2 Å². The molecular formula is C12H13IO3. The predicted molar refractivity (Wildman–Crippen MR) is 67.2 cm³/mol. The third-order valence-electron chi connectivity index (χ3n) is 3.17. The summed E-state index contributed by atoms with van der Waals surface area (Å²) in [5.74, 6) is 0. The van der Waals surface area contributed by atoms with Gasteiger partial charge in [-0.3, -0.25) is 0 Å². The second-order valence-corrected chi connectivity index (χ2v) is 5.39. The van der Waals surface area contributed by atoms with Crippen LogP contribution in [-0.4, -0.2) is 24.4 Å². The van der Waals surface area contributed by atoms with Crippen LogP contribution in [0.5, 0.6) is 0 Å². The van der Waals surface area contributed by atoms with Gasteiger partial charge in [-0.2, -0.15) is 0 Å². The molecule has 1 N–H and O–H groups in total. The normalized spacial score (nSPS) is 25.0. The van der Waals surface area contributed by atoms with Crippen LogP contribution in [0.1, 0.15) is 23.0 Å². The van der Waals surface area contributed by atoms with Gasteiger partial charge < -0.3 is 14.6 Å². The van der Waals surface area contributed by atoms with Crippen molar-refractivity contribution in [1.82, 2.24) is 0 Å². The van der Waals surface area contributed by atoms with Crippen LogP contribution in [0.2, 0.25) is 0 Å². The number of aliphatic hydroxyl groups excluding tert-OH is 1. The second-order valence-electron chi connectivity index (χ2n) is 4.23. The van der Waals surface area contributed by atoms with E-state index in [0.29, 0.717) is 13.2 Å². The summed E-state index contributed by atoms with van der Waals surface area (Å²) >= 11 is 2.32. The van der Waals surface area contributed by atoms with Crippen LogP contribution in [0, 0.1) is 3.57 Å². The van der Waals surface area contributed by atoms with Gasteiger partial charge in [-0.1, -0.05) is 6.07 Å². The molecule has 4 heteroatoms. The molecule has 0 radical (unpaired) electrons. The fraction of sp³-hybridized carbons (Fsp3) is 0.500. The quantitative estimate of drug-likeness (QED) is 0.797. The predicted octanol–water partition coefficient (Wildman–Crippen LogP) is 1.80. The zero-order chi connectivity index (χ0) is 11.1. The highest BCUT2D eigenvalue weighted by Crippen LogP contribution is 2.35. The van der Waals surface area contributed by atoms with Crippen LogP contribution in [-0.2, 0) is 22.3 Å². The van der Waals surface area contributed by atoms with E-state index in [4.69, 9.17) is 9.47 Å². The van der Waals surface area contributed by atoms with E-state index in [1.165, 1.54) is 14.7 Å². The highest BCUT2D eigenvalue weighted by molar-refractivity contribution is 14.1. The average molecular weight is 332 g/mol. The summed E-state index contributed by atoms with van der Waals surface area (Å²) in [6.07, 6.45) is 1.01. The number of hydrogen-bond donors (Lipinski definition) is 1. The molecule has 0 amide bonds. The van der Waals surface area contributed by atoms with Gasteiger partial charge in [0, 0.05) is 9.13 Å². The Bertz CT molecular complexity index is 413. The van der Waals surface area contributed by atoms with Crippen LogP contribution in [0.4, 0.5) is 0 Å². The molecule has 1 atom stereocenters. The molecule has 1 aliphatic heterocycles. The molecule has 16 heavy (non-hydrogen) atoms. The van der Waals surface area contributed by atoms with Gasteiger partial charge in [0.1, 0.15) is 0 Å². The third kappa shape index (κ3) is 1.77. The number of fused-ring (bicyclic) bond motifs is 1. The van der Waals surface area contributed by atoms with Gasteiger partial charge in [0.15, 0.2) is 6.29 Å². The Morgan fingerprint density at radius 2 is 1.81 bits per heavy atom. The Kier molecular flexibility index (Phi) is 2.91. The number of rotatable bonds is 1. The minimum atomic E-state index is -0.244. The second kappa shape index (κ2) is 4.25. The van der Waals surface area contributed by atoms with E-state index in [-0.39, 0.29) is 12.4 Å². The molecule has 1 heterocycles. The van der Waals surface area contributed by atoms with Crippen molar-refractivity contribution in [1.29, 1.82) is 0 Å². The molecule has 0 aromatic heterocycles. The first-order valence-corrected chi connectivity index (χ1v) is 6.55. The Labute approximate surface area is 108 Å². The number of ether oxygens (including phenoxy) is 2. The van der Waals surface area contributed by atoms with Crippen LogP contribution >= 0.6 is 22.6 Å². The van der Waals surface area contributed by atoms with E-state index in [2.05, 4.69) is 34.7 Å². The summed E-state index contributed by atoms with van der Waals surface area (Å²) in [4.78, 5) is 0. The summed E-state index contributed by atoms with van der Waals surface area (Å²) in [6.45, 7) is 1.32. The van der Waals surface area contributed by atoms with Crippen LogP contribution in [0.25, 0.3) is 0 Å². The maximum absolute atomic E-state index is 9.76. The topological polar surface area (TPSA) is 38.7 Å². The van der Waals surface area contributed by atoms with Crippen LogP contribution < -0.4 is 0 Å². The largest absolute Gasteiger partial charge is 0.392 e. The highest BCUT2D eigenvalue weighted by Gasteiger charge is 2.29. The monoisotopic (exact) mass is 332 g/mol. The van der Waals surface area contributed by atoms with E-state index in [1.807, 2.05) is 0 Å². The van der Waals surface area contributed by atoms with Crippen molar-refractivity contribution in [3.8, 4) is 0 Å². The highest BCUT2D eigenvalue weighted by atomic mass is 127. The van der Waals surface area contributed by atoms with E-state index in [9.17, 15) is 5.11 Å². The molecule has 1 aliphatic carbocycles. The number of aliphatic hydroxyl groups is 1. The Hall–Kier alpha value is -0.170. The lowest BCUT2D eigenvalue weighted by atomic mass is 10.0. The number of hydrogen-bond acceptors (Lipinski definition) is 3. The van der Waals surface area contributed by atoms with E-state index < -0.39 is 0 Å². The fourth-order valence-electron chi connectivity index (χ4n) is 2.45. The minimum absolute atomic E-state index is 0.226. The average Bonchev–Trinajstić information content (AvgIpc) is 2.87. The lowest BCUT2D eigenvalue weighted by Crippen LogP contribution is -2.06. The fourth-order valence-corrected chi connectivity index (χ4v) is 3.17. The van der Waals surface area contributed by atoms with Gasteiger partial charge in [0.05, 0.1) is 19.3 Å². The van der Waals surface area contributed by atoms with Gasteiger partial charge in [-0.15, -0.1) is 0 Å². The van der Waals surface area contributed by atoms with Crippen molar-refractivity contribution in [3.05, 3.63) is 32.4 Å². The molecule has 3 rings (SSSR count). The van der Waals surface area contributed by atoms with Gasteiger partial charge >= 0.3 is 0 Å². The summed E-state index contributed by atoms with van der Waals surface area (Å²) < 4.78 is 12.3. The Morgan fingerprint density at radius 3 is 2.56 bits per heavy atom. The number of benzene rings is 1. The molecule has 0 bridgehead atoms. The molecule has 1 saturated heterocycles. The Balaban J connectivity index is 2.03. The molecule has 0 saturated carbocycles. The molecule has 1 fully saturated rings. The molecule has 3 nitrogen and oxygen atoms in total. The van der Waals surface area contributed by atoms with Crippen LogP contribution in [0.15, 0.2) is 12.1 Å². The summed E-state index contributed by atoms with van der Waals surface area (Å²) in [7, 11) is 0. The summed E-state index contributed by atoms with van der Waals surface area (Å²) in [5.41, 5.74) is 3.60. The molecule has 86 valence electrons. The number of halogens is 1. The first-order chi connectivity index (χ1) is 7.75. The molecule has 2 aliphatic rings. The lowest BCUT2D eigenvalue weighted by Gasteiger charge is -2.14. The molecule has 0 unspecified atom stereocenters.